The van der Waals surface area contributed by atoms with E-state index in [4.69, 9.17) is 56.7 Å². The van der Waals surface area contributed by atoms with Crippen LogP contribution in [0.15, 0.2) is 192 Å². The molecule has 0 spiro atoms. The normalized spacial score (nSPS) is 15.3. The summed E-state index contributed by atoms with van der Waals surface area (Å²) in [5.74, 6) is 1.21. The number of hydrogen-bond donors (Lipinski definition) is 1. The van der Waals surface area contributed by atoms with Gasteiger partial charge in [0, 0.05) is 115 Å². The first kappa shape index (κ1) is 62.6. The van der Waals surface area contributed by atoms with Gasteiger partial charge >= 0.3 is 36.7 Å². The summed E-state index contributed by atoms with van der Waals surface area (Å²) >= 11 is 12.4. The Labute approximate surface area is 529 Å². The minimum atomic E-state index is -3.88. The van der Waals surface area contributed by atoms with E-state index in [1.165, 1.54) is 38.4 Å². The first-order valence-electron chi connectivity index (χ1n) is 27.4. The number of benzene rings is 6. The molecule has 0 aliphatic carbocycles. The molecule has 25 heteroatoms. The molecule has 2 atom stereocenters. The number of carbonyl (C=O) groups is 2. The monoisotopic (exact) mass is 1390 g/mol. The average Bonchev–Trinajstić information content (AvgIpc) is 1.76. The summed E-state index contributed by atoms with van der Waals surface area (Å²) < 4.78 is 56.8. The molecular weight excluding hydrogens is 1340 g/mol. The van der Waals surface area contributed by atoms with Gasteiger partial charge in [0.1, 0.15) is 11.6 Å². The van der Waals surface area contributed by atoms with Crippen LogP contribution in [-0.4, -0.2) is 116 Å². The van der Waals surface area contributed by atoms with Crippen molar-refractivity contribution in [3.05, 3.63) is 225 Å². The zero-order valence-electron chi connectivity index (χ0n) is 46.2. The Morgan fingerprint density at radius 3 is 1.36 bits per heavy atom. The Kier molecular flexibility index (Phi) is 19.9. The summed E-state index contributed by atoms with van der Waals surface area (Å²) in [7, 11) is 2.13. The fourth-order valence-corrected chi connectivity index (χ4v) is 14.1. The molecule has 2 amide bonds. The number of rotatable bonds is 13. The number of halogens is 4. The summed E-state index contributed by atoms with van der Waals surface area (Å²) in [4.78, 5) is 59.3. The predicted molar refractivity (Wildman–Crippen MR) is 340 cm³/mol. The van der Waals surface area contributed by atoms with Gasteiger partial charge in [-0.15, -0.1) is 0 Å². The second kappa shape index (κ2) is 27.7. The molecule has 6 aromatic carbocycles. The molecule has 87 heavy (non-hydrogen) atoms. The SMILES string of the molecule is Nc1ccc(C(=O)N2CCC[C@@H](Cc3ncc(Cl)c(-c4cn(S(=O)(=O)c5ccccc5)c5ccccc45)n3)C2)cc1.O=C(c1ccc([N+](=O)[O-])cc1)N1CCC[C@@H](Cc2ncc(Cl)c(-c3cn(S(=O)(=O)c4ccccc4)c4ccccc34)n2)C1.[Cl][Sn][Cl]. The van der Waals surface area contributed by atoms with Gasteiger partial charge in [-0.2, -0.15) is 0 Å². The zero-order chi connectivity index (χ0) is 61.4. The van der Waals surface area contributed by atoms with Crippen LogP contribution < -0.4 is 5.73 Å². The topological polar surface area (TPSA) is 239 Å². The zero-order valence-corrected chi connectivity index (χ0v) is 53.8. The summed E-state index contributed by atoms with van der Waals surface area (Å²) in [5, 5.41) is 13.0. The molecule has 4 aromatic heterocycles. The van der Waals surface area contributed by atoms with Crippen LogP contribution in [-0.2, 0) is 32.9 Å². The van der Waals surface area contributed by atoms with E-state index < -0.39 is 43.9 Å². The molecule has 2 aliphatic heterocycles. The Bertz CT molecular complexity index is 4380. The van der Waals surface area contributed by atoms with Crippen molar-refractivity contribution < 1.29 is 31.3 Å². The van der Waals surface area contributed by atoms with Crippen molar-refractivity contribution in [2.45, 2.75) is 48.3 Å². The molecular formula is C62H54Cl4N10O8S2Sn. The Morgan fingerprint density at radius 1 is 0.575 bits per heavy atom. The van der Waals surface area contributed by atoms with Gasteiger partial charge in [-0.25, -0.2) is 44.7 Å². The van der Waals surface area contributed by atoms with Crippen molar-refractivity contribution in [1.82, 2.24) is 37.7 Å². The molecule has 12 rings (SSSR count). The number of anilines is 1. The Morgan fingerprint density at radius 2 is 0.954 bits per heavy atom. The maximum absolute atomic E-state index is 13.6. The minimum absolute atomic E-state index is 0.0140. The van der Waals surface area contributed by atoms with Crippen LogP contribution in [0.5, 0.6) is 0 Å². The molecule has 10 aromatic rings. The number of aromatic nitrogens is 6. The van der Waals surface area contributed by atoms with Crippen molar-refractivity contribution >= 4 is 125 Å². The average molecular weight is 1390 g/mol. The first-order chi connectivity index (χ1) is 41.9. The van der Waals surface area contributed by atoms with E-state index in [0.29, 0.717) is 116 Å². The van der Waals surface area contributed by atoms with Crippen molar-refractivity contribution in [2.24, 2.45) is 11.8 Å². The van der Waals surface area contributed by atoms with Crippen LogP contribution in [0.2, 0.25) is 10.0 Å². The molecule has 2 aliphatic rings. The molecule has 2 fully saturated rings. The van der Waals surface area contributed by atoms with Gasteiger partial charge in [0.15, 0.2) is 0 Å². The number of amides is 2. The number of likely N-dealkylation sites (tertiary alicyclic amines) is 2. The number of non-ortho nitro benzene ring substituents is 1. The van der Waals surface area contributed by atoms with Gasteiger partial charge in [-0.3, -0.25) is 19.7 Å². The van der Waals surface area contributed by atoms with Crippen molar-refractivity contribution in [1.29, 1.82) is 0 Å². The second-order valence-electron chi connectivity index (χ2n) is 20.7. The number of fused-ring (bicyclic) bond motifs is 2. The number of nitrogen functional groups attached to an aromatic ring is 1. The Hall–Kier alpha value is -7.44. The quantitative estimate of drug-likeness (QED) is 0.0489. The predicted octanol–water partition coefficient (Wildman–Crippen LogP) is 12.7. The van der Waals surface area contributed by atoms with Crippen LogP contribution in [0.25, 0.3) is 44.3 Å². The molecule has 2 saturated heterocycles. The molecule has 2 N–H and O–H groups in total. The van der Waals surface area contributed by atoms with Crippen molar-refractivity contribution in [2.75, 3.05) is 31.9 Å². The molecule has 0 unspecified atom stereocenters. The maximum atomic E-state index is 13.6. The number of para-hydroxylation sites is 2. The number of hydrogen-bond acceptors (Lipinski definition) is 13. The molecule has 444 valence electrons. The van der Waals surface area contributed by atoms with Crippen molar-refractivity contribution in [3.8, 4) is 22.5 Å². The molecule has 0 saturated carbocycles. The van der Waals surface area contributed by atoms with Gasteiger partial charge in [-0.05, 0) is 110 Å². The van der Waals surface area contributed by atoms with E-state index >= 15 is 0 Å². The fraction of sp³-hybridized carbons (Fsp3) is 0.194. The summed E-state index contributed by atoms with van der Waals surface area (Å²) in [5.41, 5.74) is 10.5. The first-order valence-corrected chi connectivity index (χ1v) is 38.3. The van der Waals surface area contributed by atoms with Gasteiger partial charge < -0.3 is 15.5 Å². The van der Waals surface area contributed by atoms with Crippen molar-refractivity contribution in [3.63, 3.8) is 0 Å². The van der Waals surface area contributed by atoms with Gasteiger partial charge in [0.05, 0.1) is 47.2 Å². The number of carbonyl (C=O) groups excluding carboxylic acids is 2. The van der Waals surface area contributed by atoms with E-state index in [9.17, 15) is 36.5 Å². The Balaban J connectivity index is 0.000000185. The molecule has 2 radical (unpaired) electrons. The van der Waals surface area contributed by atoms with E-state index in [-0.39, 0.29) is 39.1 Å². The standard InChI is InChI=1S/C31H26ClN5O5S.C31H28ClN5O3S.2ClH.Sn/c32-27-18-33-29(17-21-7-6-16-35(19-21)31(38)22-12-14-23(15-13-22)37(39)40)34-30(27)26-20-36(28-11-5-4-10-25(26)28)43(41,42)24-8-2-1-3-9-24;32-27-18-34-29(17-21-7-6-16-36(19-21)31(38)22-12-14-23(33)15-13-22)35-30(27)26-20-37(28-11-5-4-10-25(26)28)41(39,40)24-8-2-1-3-9-24;;;/h1-5,8-15,18,20-21H,6-7,16-17,19H2;1-5,8-15,18,20-21H,6-7,16-17,19,33H2;2*1H;/q;;;;+2/p-2/t2*21-;;;/m00.../s1. The van der Waals surface area contributed by atoms with Crippen LogP contribution in [0.1, 0.15) is 58.0 Å². The van der Waals surface area contributed by atoms with E-state index in [1.54, 1.807) is 133 Å². The molecule has 0 bridgehead atoms. The summed E-state index contributed by atoms with van der Waals surface area (Å²) in [6, 6.07) is 43.6. The number of nitrogens with zero attached hydrogens (tertiary/aromatic N) is 9. The van der Waals surface area contributed by atoms with Gasteiger partial charge in [0.2, 0.25) is 0 Å². The van der Waals surface area contributed by atoms with Crippen LogP contribution in [0.3, 0.4) is 0 Å². The van der Waals surface area contributed by atoms with Gasteiger partial charge in [0.25, 0.3) is 37.5 Å². The van der Waals surface area contributed by atoms with E-state index in [0.717, 1.165) is 31.1 Å². The summed E-state index contributed by atoms with van der Waals surface area (Å²) in [6.07, 6.45) is 10.8. The number of nitrogens with two attached hydrogens (primary N) is 1. The van der Waals surface area contributed by atoms with E-state index in [1.807, 2.05) is 29.2 Å². The number of nitro groups is 1. The van der Waals surface area contributed by atoms with Crippen LogP contribution in [0.4, 0.5) is 11.4 Å². The summed E-state index contributed by atoms with van der Waals surface area (Å²) in [6.45, 7) is 2.38. The third kappa shape index (κ3) is 14.1. The van der Waals surface area contributed by atoms with Crippen LogP contribution >= 0.6 is 41.0 Å². The molecule has 6 heterocycles. The second-order valence-corrected chi connectivity index (χ2v) is 29.4. The number of nitro benzene ring substituents is 1. The van der Waals surface area contributed by atoms with E-state index in [2.05, 4.69) is 9.97 Å². The molecule has 18 nitrogen and oxygen atoms in total. The third-order valence-corrected chi connectivity index (χ3v) is 19.0. The van der Waals surface area contributed by atoms with Gasteiger partial charge in [-0.1, -0.05) is 96.0 Å². The fourth-order valence-electron chi connectivity index (χ4n) is 10.9. The number of piperidine rings is 2. The third-order valence-electron chi connectivity index (χ3n) is 15.1. The van der Waals surface area contributed by atoms with Crippen LogP contribution in [0, 0.1) is 22.0 Å².